The highest BCUT2D eigenvalue weighted by Crippen LogP contribution is 2.35. The Kier molecular flexibility index (Phi) is 10.1. The van der Waals surface area contributed by atoms with Crippen LogP contribution in [0.15, 0.2) is 12.1 Å². The minimum Gasteiger partial charge on any atom is -0.395 e. The predicted octanol–water partition coefficient (Wildman–Crippen LogP) is 2.60. The molecule has 0 radical (unpaired) electrons. The van der Waals surface area contributed by atoms with Crippen LogP contribution in [-0.2, 0) is 9.59 Å². The summed E-state index contributed by atoms with van der Waals surface area (Å²) in [4.78, 5) is 40.1. The number of carbonyl (C=O) groups is 3. The first-order valence-electron chi connectivity index (χ1n) is 15.1. The summed E-state index contributed by atoms with van der Waals surface area (Å²) in [6, 6.07) is 5.12. The molecule has 9 nitrogen and oxygen atoms in total. The molecule has 5 atom stereocenters. The Hall–Kier alpha value is -2.65. The van der Waals surface area contributed by atoms with Crippen LogP contribution in [0, 0.1) is 18.8 Å². The van der Waals surface area contributed by atoms with Crippen molar-refractivity contribution in [2.24, 2.45) is 11.8 Å². The summed E-state index contributed by atoms with van der Waals surface area (Å²) in [6.45, 7) is 8.92. The van der Waals surface area contributed by atoms with Crippen LogP contribution in [0.5, 0.6) is 0 Å². The number of hydrogen-bond acceptors (Lipinski definition) is 6. The maximum Gasteiger partial charge on any atom is 0.251 e. The van der Waals surface area contributed by atoms with Gasteiger partial charge in [-0.25, -0.2) is 0 Å². The zero-order chi connectivity index (χ0) is 29.0. The van der Waals surface area contributed by atoms with Gasteiger partial charge in [0.25, 0.3) is 5.91 Å². The van der Waals surface area contributed by atoms with Crippen LogP contribution < -0.4 is 26.2 Å². The standard InChI is InChI=1S/C31H49N5O4/c1-18-12-19(2)34-31(40)28(18)16-33-30(39)27-13-23(22-6-7-25(17-37)32-15-22)14-29(20(27)3)36(5)26-10-8-24(9-11-26)35-21(4)38/h13-14,18-19,22,24-26,28,32,37H,6-12,15-17H2,1-5H3,(H,33,39)(H,34,40)(H,35,38)/t18?,19?,22?,24-,25?,26+,28?. The highest BCUT2D eigenvalue weighted by molar-refractivity contribution is 5.97. The summed E-state index contributed by atoms with van der Waals surface area (Å²) in [5, 5.41) is 22.2. The molecular formula is C31H49N5O4. The average Bonchev–Trinajstić information content (AvgIpc) is 2.92. The molecule has 222 valence electrons. The van der Waals surface area contributed by atoms with Crippen molar-refractivity contribution in [2.45, 2.75) is 103 Å². The van der Waals surface area contributed by atoms with Crippen LogP contribution >= 0.6 is 0 Å². The number of carbonyl (C=O) groups excluding carboxylic acids is 3. The fourth-order valence-electron chi connectivity index (χ4n) is 6.99. The summed E-state index contributed by atoms with van der Waals surface area (Å²) in [6.07, 6.45) is 6.58. The number of aliphatic hydroxyl groups is 1. The topological polar surface area (TPSA) is 123 Å². The predicted molar refractivity (Wildman–Crippen MR) is 158 cm³/mol. The minimum absolute atomic E-state index is 0.0130. The molecule has 3 amide bonds. The summed E-state index contributed by atoms with van der Waals surface area (Å²) < 4.78 is 0. The molecular weight excluding hydrogens is 506 g/mol. The fraction of sp³-hybridized carbons (Fsp3) is 0.710. The van der Waals surface area contributed by atoms with Gasteiger partial charge in [0.2, 0.25) is 11.8 Å². The van der Waals surface area contributed by atoms with Gasteiger partial charge in [-0.2, -0.15) is 0 Å². The van der Waals surface area contributed by atoms with Crippen molar-refractivity contribution in [1.29, 1.82) is 0 Å². The van der Waals surface area contributed by atoms with E-state index in [4.69, 9.17) is 0 Å². The van der Waals surface area contributed by atoms with Gasteiger partial charge in [0.05, 0.1) is 12.5 Å². The Morgan fingerprint density at radius 2 is 1.82 bits per heavy atom. The van der Waals surface area contributed by atoms with E-state index in [1.54, 1.807) is 6.92 Å². The summed E-state index contributed by atoms with van der Waals surface area (Å²) in [7, 11) is 2.12. The third kappa shape index (κ3) is 7.16. The molecule has 0 spiro atoms. The van der Waals surface area contributed by atoms with Crippen molar-refractivity contribution in [2.75, 3.05) is 31.6 Å². The molecule has 1 aromatic carbocycles. The number of hydrogen-bond donors (Lipinski definition) is 5. The number of aliphatic hydroxyl groups excluding tert-OH is 1. The fourth-order valence-corrected chi connectivity index (χ4v) is 6.99. The smallest absolute Gasteiger partial charge is 0.251 e. The first-order valence-corrected chi connectivity index (χ1v) is 15.1. The number of nitrogens with zero attached hydrogens (tertiary/aromatic N) is 1. The van der Waals surface area contributed by atoms with Crippen LogP contribution in [-0.4, -0.2) is 73.7 Å². The summed E-state index contributed by atoms with van der Waals surface area (Å²) in [5.41, 5.74) is 3.80. The molecule has 2 saturated heterocycles. The molecule has 0 bridgehead atoms. The summed E-state index contributed by atoms with van der Waals surface area (Å²) >= 11 is 0. The van der Waals surface area contributed by atoms with Crippen LogP contribution in [0.1, 0.15) is 93.1 Å². The van der Waals surface area contributed by atoms with E-state index in [1.807, 2.05) is 19.9 Å². The van der Waals surface area contributed by atoms with Gasteiger partial charge < -0.3 is 31.3 Å². The van der Waals surface area contributed by atoms with Crippen molar-refractivity contribution in [3.63, 3.8) is 0 Å². The van der Waals surface area contributed by atoms with Crippen LogP contribution in [0.2, 0.25) is 0 Å². The first kappa shape index (κ1) is 30.3. The monoisotopic (exact) mass is 555 g/mol. The second-order valence-electron chi connectivity index (χ2n) is 12.5. The average molecular weight is 556 g/mol. The van der Waals surface area contributed by atoms with E-state index in [0.717, 1.165) is 68.3 Å². The third-order valence-electron chi connectivity index (χ3n) is 9.51. The van der Waals surface area contributed by atoms with Gasteiger partial charge in [0, 0.05) is 62.5 Å². The lowest BCUT2D eigenvalue weighted by atomic mass is 9.84. The Bertz CT molecular complexity index is 1060. The number of nitrogens with one attached hydrogen (secondary N) is 4. The van der Waals surface area contributed by atoms with Crippen molar-refractivity contribution >= 4 is 23.4 Å². The van der Waals surface area contributed by atoms with E-state index in [0.29, 0.717) is 18.2 Å². The van der Waals surface area contributed by atoms with Crippen molar-refractivity contribution in [3.8, 4) is 0 Å². The second kappa shape index (κ2) is 13.3. The Balaban J connectivity index is 1.55. The van der Waals surface area contributed by atoms with Crippen LogP contribution in [0.3, 0.4) is 0 Å². The van der Waals surface area contributed by atoms with E-state index in [-0.39, 0.29) is 60.2 Å². The molecule has 2 aliphatic heterocycles. The molecule has 1 aliphatic carbocycles. The molecule has 2 heterocycles. The van der Waals surface area contributed by atoms with Crippen molar-refractivity contribution in [1.82, 2.24) is 21.3 Å². The lowest BCUT2D eigenvalue weighted by molar-refractivity contribution is -0.129. The van der Waals surface area contributed by atoms with Crippen LogP contribution in [0.25, 0.3) is 0 Å². The third-order valence-corrected chi connectivity index (χ3v) is 9.51. The van der Waals surface area contributed by atoms with Crippen molar-refractivity contribution < 1.29 is 19.5 Å². The maximum absolute atomic E-state index is 13.7. The van der Waals surface area contributed by atoms with Crippen molar-refractivity contribution in [3.05, 3.63) is 28.8 Å². The zero-order valence-electron chi connectivity index (χ0n) is 24.9. The number of benzene rings is 1. The molecule has 1 aromatic rings. The zero-order valence-corrected chi connectivity index (χ0v) is 24.9. The molecule has 3 aliphatic rings. The number of rotatable bonds is 8. The normalized spacial score (nSPS) is 30.8. The molecule has 0 aromatic heterocycles. The highest BCUT2D eigenvalue weighted by Gasteiger charge is 2.33. The van der Waals surface area contributed by atoms with Gasteiger partial charge in [-0.3, -0.25) is 14.4 Å². The van der Waals surface area contributed by atoms with E-state index in [9.17, 15) is 19.5 Å². The molecule has 3 fully saturated rings. The van der Waals surface area contributed by atoms with Gasteiger partial charge in [0.15, 0.2) is 0 Å². The van der Waals surface area contributed by atoms with Gasteiger partial charge in [-0.05, 0) is 93.9 Å². The molecule has 1 saturated carbocycles. The lowest BCUT2D eigenvalue weighted by Gasteiger charge is -2.38. The van der Waals surface area contributed by atoms with Crippen LogP contribution in [0.4, 0.5) is 5.69 Å². The lowest BCUT2D eigenvalue weighted by Crippen LogP contribution is -2.50. The van der Waals surface area contributed by atoms with E-state index in [1.165, 1.54) is 0 Å². The molecule has 5 N–H and O–H groups in total. The number of amides is 3. The summed E-state index contributed by atoms with van der Waals surface area (Å²) in [5.74, 6) is 0.123. The number of piperidine rings is 2. The Labute approximate surface area is 239 Å². The molecule has 5 unspecified atom stereocenters. The quantitative estimate of drug-likeness (QED) is 0.336. The van der Waals surface area contributed by atoms with Gasteiger partial charge in [0.1, 0.15) is 0 Å². The van der Waals surface area contributed by atoms with E-state index >= 15 is 0 Å². The van der Waals surface area contributed by atoms with Gasteiger partial charge in [-0.1, -0.05) is 6.92 Å². The highest BCUT2D eigenvalue weighted by atomic mass is 16.3. The maximum atomic E-state index is 13.7. The van der Waals surface area contributed by atoms with Gasteiger partial charge in [-0.15, -0.1) is 0 Å². The first-order chi connectivity index (χ1) is 19.1. The Morgan fingerprint density at radius 3 is 2.42 bits per heavy atom. The van der Waals surface area contributed by atoms with E-state index in [2.05, 4.69) is 46.2 Å². The largest absolute Gasteiger partial charge is 0.395 e. The molecule has 4 rings (SSSR count). The minimum atomic E-state index is -0.234. The molecule has 9 heteroatoms. The number of anilines is 1. The van der Waals surface area contributed by atoms with E-state index < -0.39 is 0 Å². The second-order valence-corrected chi connectivity index (χ2v) is 12.5. The van der Waals surface area contributed by atoms with Gasteiger partial charge >= 0.3 is 0 Å². The SMILES string of the molecule is CC(=O)N[C@H]1CC[C@@H](N(C)c2cc(C3CCC(CO)NC3)cc(C(=O)NCC3C(=O)NC(C)CC3C)c2C)CC1. The Morgan fingerprint density at radius 1 is 1.10 bits per heavy atom. The molecule has 40 heavy (non-hydrogen) atoms.